The highest BCUT2D eigenvalue weighted by atomic mass is 16.6. The summed E-state index contributed by atoms with van der Waals surface area (Å²) in [6.07, 6.45) is 2.49. The Morgan fingerprint density at radius 2 is 1.69 bits per heavy atom. The zero-order valence-electron chi connectivity index (χ0n) is 14.4. The summed E-state index contributed by atoms with van der Waals surface area (Å²) in [6, 6.07) is 6.52. The van der Waals surface area contributed by atoms with E-state index < -0.39 is 10.7 Å². The first-order chi connectivity index (χ1) is 12.4. The van der Waals surface area contributed by atoms with Crippen LogP contribution >= 0.6 is 0 Å². The maximum Gasteiger partial charge on any atom is 0.270 e. The van der Waals surface area contributed by atoms with Crippen LogP contribution in [0.5, 0.6) is 23.0 Å². The highest BCUT2D eigenvalue weighted by Crippen LogP contribution is 2.38. The molecule has 0 unspecified atom stereocenters. The van der Waals surface area contributed by atoms with Crippen LogP contribution in [0.3, 0.4) is 0 Å². The second-order valence-corrected chi connectivity index (χ2v) is 5.11. The maximum atomic E-state index is 12.4. The van der Waals surface area contributed by atoms with Crippen molar-refractivity contribution in [1.29, 1.82) is 0 Å². The minimum Gasteiger partial charge on any atom is -0.507 e. The van der Waals surface area contributed by atoms with Gasteiger partial charge in [0.25, 0.3) is 5.69 Å². The molecule has 8 nitrogen and oxygen atoms in total. The number of carbonyl (C=O) groups is 1. The van der Waals surface area contributed by atoms with E-state index in [1.807, 2.05) is 0 Å². The number of nitro benzene ring substituents is 1. The van der Waals surface area contributed by atoms with E-state index in [1.165, 1.54) is 63.8 Å². The van der Waals surface area contributed by atoms with Crippen LogP contribution in [0.2, 0.25) is 0 Å². The number of allylic oxidation sites excluding steroid dienone is 1. The Hall–Kier alpha value is -3.55. The maximum absolute atomic E-state index is 12.4. The summed E-state index contributed by atoms with van der Waals surface area (Å²) < 4.78 is 15.6. The van der Waals surface area contributed by atoms with E-state index in [9.17, 15) is 20.0 Å². The summed E-state index contributed by atoms with van der Waals surface area (Å²) in [5, 5.41) is 20.6. The van der Waals surface area contributed by atoms with Crippen molar-refractivity contribution in [2.24, 2.45) is 0 Å². The van der Waals surface area contributed by atoms with Crippen molar-refractivity contribution < 1.29 is 29.0 Å². The quantitative estimate of drug-likeness (QED) is 0.350. The summed E-state index contributed by atoms with van der Waals surface area (Å²) in [4.78, 5) is 22.7. The van der Waals surface area contributed by atoms with Crippen molar-refractivity contribution in [2.45, 2.75) is 0 Å². The molecule has 0 radical (unpaired) electrons. The summed E-state index contributed by atoms with van der Waals surface area (Å²) in [5.74, 6) is 0.412. The van der Waals surface area contributed by atoms with E-state index in [-0.39, 0.29) is 22.6 Å². The first-order valence-electron chi connectivity index (χ1n) is 7.41. The number of ketones is 1. The number of ether oxygens (including phenoxy) is 3. The molecule has 0 atom stereocenters. The Morgan fingerprint density at radius 3 is 2.19 bits per heavy atom. The number of hydrogen-bond donors (Lipinski definition) is 1. The molecular formula is C18H17NO7. The lowest BCUT2D eigenvalue weighted by molar-refractivity contribution is -0.384. The normalized spacial score (nSPS) is 10.6. The molecule has 0 aliphatic heterocycles. The zero-order valence-corrected chi connectivity index (χ0v) is 14.4. The van der Waals surface area contributed by atoms with Crippen LogP contribution in [0.4, 0.5) is 5.69 Å². The van der Waals surface area contributed by atoms with Gasteiger partial charge in [0, 0.05) is 23.3 Å². The van der Waals surface area contributed by atoms with Gasteiger partial charge in [0.05, 0.1) is 26.3 Å². The number of benzene rings is 2. The molecule has 0 spiro atoms. The number of carbonyl (C=O) groups excluding carboxylic acids is 1. The van der Waals surface area contributed by atoms with Crippen LogP contribution in [0.25, 0.3) is 6.08 Å². The number of aromatic hydroxyl groups is 1. The molecule has 2 rings (SSSR count). The monoisotopic (exact) mass is 359 g/mol. The minimum atomic E-state index is -0.586. The molecule has 1 N–H and O–H groups in total. The number of nitrogens with zero attached hydrogens (tertiary/aromatic N) is 1. The molecular weight excluding hydrogens is 342 g/mol. The van der Waals surface area contributed by atoms with E-state index in [0.29, 0.717) is 17.2 Å². The molecule has 0 heterocycles. The number of phenols is 1. The number of non-ortho nitro benzene ring substituents is 1. The summed E-state index contributed by atoms with van der Waals surface area (Å²) >= 11 is 0. The van der Waals surface area contributed by atoms with Gasteiger partial charge in [-0.1, -0.05) is 0 Å². The summed E-state index contributed by atoms with van der Waals surface area (Å²) in [5.41, 5.74) is 0.225. The molecule has 2 aromatic carbocycles. The molecule has 136 valence electrons. The lowest BCUT2D eigenvalue weighted by Crippen LogP contribution is -2.00. The van der Waals surface area contributed by atoms with E-state index in [4.69, 9.17) is 14.2 Å². The van der Waals surface area contributed by atoms with Crippen molar-refractivity contribution in [2.75, 3.05) is 21.3 Å². The second-order valence-electron chi connectivity index (χ2n) is 5.11. The zero-order chi connectivity index (χ0) is 19.3. The highest BCUT2D eigenvalue weighted by molar-refractivity contribution is 6.07. The number of phenolic OH excluding ortho intramolecular Hbond substituents is 1. The molecule has 2 aromatic rings. The van der Waals surface area contributed by atoms with Crippen molar-refractivity contribution in [3.05, 3.63) is 57.6 Å². The molecule has 0 aromatic heterocycles. The van der Waals surface area contributed by atoms with Crippen LogP contribution in [0, 0.1) is 10.1 Å². The fourth-order valence-corrected chi connectivity index (χ4v) is 2.27. The predicted molar refractivity (Wildman–Crippen MR) is 94.2 cm³/mol. The van der Waals surface area contributed by atoms with Crippen molar-refractivity contribution in [3.63, 3.8) is 0 Å². The second kappa shape index (κ2) is 8.02. The Bertz CT molecular complexity index is 849. The Labute approximate surface area is 149 Å². The summed E-state index contributed by atoms with van der Waals surface area (Å²) in [6.45, 7) is 0. The lowest BCUT2D eigenvalue weighted by atomic mass is 10.1. The third-order valence-electron chi connectivity index (χ3n) is 3.59. The van der Waals surface area contributed by atoms with Crippen molar-refractivity contribution >= 4 is 17.5 Å². The van der Waals surface area contributed by atoms with Gasteiger partial charge in [-0.2, -0.15) is 0 Å². The first-order valence-corrected chi connectivity index (χ1v) is 7.41. The highest BCUT2D eigenvalue weighted by Gasteiger charge is 2.16. The van der Waals surface area contributed by atoms with Gasteiger partial charge >= 0.3 is 0 Å². The minimum absolute atomic E-state index is 0.153. The van der Waals surface area contributed by atoms with Crippen LogP contribution in [-0.2, 0) is 0 Å². The average Bonchev–Trinajstić information content (AvgIpc) is 2.65. The van der Waals surface area contributed by atoms with Crippen LogP contribution in [-0.4, -0.2) is 37.1 Å². The van der Waals surface area contributed by atoms with Gasteiger partial charge in [-0.3, -0.25) is 14.9 Å². The van der Waals surface area contributed by atoms with E-state index in [1.54, 1.807) is 0 Å². The molecule has 0 amide bonds. The fraction of sp³-hybridized carbons (Fsp3) is 0.167. The SMILES string of the molecule is COc1cc(C(=O)/C=C/c2cc([N+](=O)[O-])ccc2O)cc(OC)c1OC. The fourth-order valence-electron chi connectivity index (χ4n) is 2.27. The Morgan fingerprint density at radius 1 is 1.08 bits per heavy atom. The number of methoxy groups -OCH3 is 3. The van der Waals surface area contributed by atoms with Crippen molar-refractivity contribution in [3.8, 4) is 23.0 Å². The molecule has 0 aliphatic rings. The molecule has 8 heteroatoms. The molecule has 0 saturated heterocycles. The van der Waals surface area contributed by atoms with Crippen LogP contribution in [0.1, 0.15) is 15.9 Å². The summed E-state index contributed by atoms with van der Waals surface area (Å²) in [7, 11) is 4.32. The van der Waals surface area contributed by atoms with Crippen LogP contribution in [0.15, 0.2) is 36.4 Å². The lowest BCUT2D eigenvalue weighted by Gasteiger charge is -2.13. The Kier molecular flexibility index (Phi) is 5.79. The van der Waals surface area contributed by atoms with Crippen molar-refractivity contribution in [1.82, 2.24) is 0 Å². The Balaban J connectivity index is 2.37. The van der Waals surface area contributed by atoms with Gasteiger partial charge in [0.2, 0.25) is 5.75 Å². The van der Waals surface area contributed by atoms with Gasteiger partial charge < -0.3 is 19.3 Å². The first kappa shape index (κ1) is 18.8. The molecule has 0 bridgehead atoms. The largest absolute Gasteiger partial charge is 0.507 e. The van der Waals surface area contributed by atoms with Gasteiger partial charge in [-0.15, -0.1) is 0 Å². The smallest absolute Gasteiger partial charge is 0.270 e. The number of rotatable bonds is 7. The number of nitro groups is 1. The standard InChI is InChI=1S/C18H17NO7/c1-24-16-9-12(10-17(25-2)18(16)26-3)15(21)6-4-11-8-13(19(22)23)5-7-14(11)20/h4-10,20H,1-3H3/b6-4+. The van der Waals surface area contributed by atoms with Gasteiger partial charge in [0.1, 0.15) is 5.75 Å². The van der Waals surface area contributed by atoms with E-state index >= 15 is 0 Å². The van der Waals surface area contributed by atoms with E-state index in [0.717, 1.165) is 0 Å². The molecule has 0 fully saturated rings. The van der Waals surface area contributed by atoms with Gasteiger partial charge in [-0.05, 0) is 30.4 Å². The predicted octanol–water partition coefficient (Wildman–Crippen LogP) is 3.22. The van der Waals surface area contributed by atoms with E-state index in [2.05, 4.69) is 0 Å². The molecule has 26 heavy (non-hydrogen) atoms. The molecule has 0 aliphatic carbocycles. The molecule has 0 saturated carbocycles. The van der Waals surface area contributed by atoms with Gasteiger partial charge in [-0.25, -0.2) is 0 Å². The van der Waals surface area contributed by atoms with Gasteiger partial charge in [0.15, 0.2) is 17.3 Å². The average molecular weight is 359 g/mol. The number of hydrogen-bond acceptors (Lipinski definition) is 7. The van der Waals surface area contributed by atoms with Crippen LogP contribution < -0.4 is 14.2 Å². The third kappa shape index (κ3) is 3.92. The third-order valence-corrected chi connectivity index (χ3v) is 3.59. The topological polar surface area (TPSA) is 108 Å².